The molecule has 2 fully saturated rings. The first kappa shape index (κ1) is 25.4. The Morgan fingerprint density at radius 3 is 2.44 bits per heavy atom. The largest absolute Gasteiger partial charge is 0.387 e. The maximum absolute atomic E-state index is 14.2. The van der Waals surface area contributed by atoms with E-state index in [0.717, 1.165) is 19.1 Å². The number of benzene rings is 1. The van der Waals surface area contributed by atoms with Crippen LogP contribution < -0.4 is 5.73 Å². The molecule has 6 rings (SSSR count). The van der Waals surface area contributed by atoms with Crippen LogP contribution in [0.1, 0.15) is 37.3 Å². The highest BCUT2D eigenvalue weighted by Gasteiger charge is 2.45. The normalized spacial score (nSPS) is 21.0. The van der Waals surface area contributed by atoms with E-state index in [1.54, 1.807) is 47.6 Å². The lowest BCUT2D eigenvalue weighted by Gasteiger charge is -2.39. The maximum atomic E-state index is 14.2. The Morgan fingerprint density at radius 1 is 1.10 bits per heavy atom. The number of aliphatic hydroxyl groups excluding tert-OH is 1. The van der Waals surface area contributed by atoms with Crippen LogP contribution in [0.25, 0.3) is 28.0 Å². The molecule has 10 nitrogen and oxygen atoms in total. The monoisotopic (exact) mass is 550 g/mol. The lowest BCUT2D eigenvalue weighted by Crippen LogP contribution is -2.47. The average Bonchev–Trinajstić information content (AvgIpc) is 3.46. The van der Waals surface area contributed by atoms with E-state index in [0.29, 0.717) is 46.6 Å². The summed E-state index contributed by atoms with van der Waals surface area (Å²) < 4.78 is 41.4. The summed E-state index contributed by atoms with van der Waals surface area (Å²) in [6, 6.07) is 9.68. The molecule has 0 saturated carbocycles. The highest BCUT2D eigenvalue weighted by molar-refractivity contribution is 7.91. The molecule has 0 spiro atoms. The van der Waals surface area contributed by atoms with Crippen molar-refractivity contribution in [2.45, 2.75) is 48.6 Å². The molecule has 5 heterocycles. The van der Waals surface area contributed by atoms with Crippen LogP contribution in [0, 0.1) is 5.82 Å². The molecule has 2 aliphatic heterocycles. The number of rotatable bonds is 5. The molecular weight excluding hydrogens is 523 g/mol. The first-order chi connectivity index (χ1) is 18.7. The highest BCUT2D eigenvalue weighted by Crippen LogP contribution is 2.45. The second-order valence-corrected chi connectivity index (χ2v) is 12.2. The van der Waals surface area contributed by atoms with Crippen LogP contribution in [-0.4, -0.2) is 68.9 Å². The summed E-state index contributed by atoms with van der Waals surface area (Å²) >= 11 is 0. The third-order valence-electron chi connectivity index (χ3n) is 7.80. The fourth-order valence-electron chi connectivity index (χ4n) is 6.15. The number of nitrogens with zero attached hydrogens (tertiary/aromatic N) is 5. The quantitative estimate of drug-likeness (QED) is 0.386. The number of aromatic nitrogens is 4. The van der Waals surface area contributed by atoms with Gasteiger partial charge in [0.2, 0.25) is 5.91 Å². The number of pyridine rings is 1. The van der Waals surface area contributed by atoms with Crippen molar-refractivity contribution >= 4 is 27.2 Å². The zero-order valence-electron chi connectivity index (χ0n) is 21.2. The predicted molar refractivity (Wildman–Crippen MR) is 142 cm³/mol. The van der Waals surface area contributed by atoms with E-state index in [9.17, 15) is 22.7 Å². The van der Waals surface area contributed by atoms with Gasteiger partial charge in [0.15, 0.2) is 15.5 Å². The lowest BCUT2D eigenvalue weighted by molar-refractivity contribution is -0.138. The van der Waals surface area contributed by atoms with Crippen molar-refractivity contribution in [1.82, 2.24) is 24.5 Å². The van der Waals surface area contributed by atoms with Gasteiger partial charge in [0.1, 0.15) is 23.1 Å². The van der Waals surface area contributed by atoms with Gasteiger partial charge in [-0.25, -0.2) is 17.8 Å². The van der Waals surface area contributed by atoms with Gasteiger partial charge < -0.3 is 15.7 Å². The van der Waals surface area contributed by atoms with Crippen molar-refractivity contribution in [3.05, 3.63) is 60.3 Å². The van der Waals surface area contributed by atoms with Crippen LogP contribution in [0.3, 0.4) is 0 Å². The summed E-state index contributed by atoms with van der Waals surface area (Å²) in [6.07, 6.45) is 6.88. The van der Waals surface area contributed by atoms with Crippen molar-refractivity contribution in [1.29, 1.82) is 0 Å². The van der Waals surface area contributed by atoms with Crippen molar-refractivity contribution in [3.8, 4) is 22.4 Å². The molecule has 2 saturated heterocycles. The fourth-order valence-corrected chi connectivity index (χ4v) is 7.21. The molecule has 0 radical (unpaired) electrons. The van der Waals surface area contributed by atoms with Crippen molar-refractivity contribution in [3.63, 3.8) is 0 Å². The number of nitrogen functional groups attached to an aromatic ring is 1. The van der Waals surface area contributed by atoms with Crippen LogP contribution in [0.15, 0.2) is 53.7 Å². The number of halogens is 1. The van der Waals surface area contributed by atoms with Crippen LogP contribution in [0.4, 0.5) is 10.2 Å². The van der Waals surface area contributed by atoms with E-state index < -0.39 is 16.4 Å². The number of amides is 1. The SMILES string of the molecule is CS(=O)(=O)c1c([C@H]2C[C@H]3CC[C@@H](C2)N3C(=O)CO)nc2c(-c3ccc(-c4ccccc4F)nc3)cnn2c1N. The predicted octanol–water partition coefficient (Wildman–Crippen LogP) is 2.81. The average molecular weight is 551 g/mol. The van der Waals surface area contributed by atoms with E-state index in [2.05, 4.69) is 10.1 Å². The fraction of sp³-hybridized carbons (Fsp3) is 0.333. The molecule has 2 aliphatic rings. The van der Waals surface area contributed by atoms with E-state index >= 15 is 0 Å². The van der Waals surface area contributed by atoms with Crippen LogP contribution in [0.2, 0.25) is 0 Å². The highest BCUT2D eigenvalue weighted by atomic mass is 32.2. The third kappa shape index (κ3) is 4.23. The Labute approximate surface area is 224 Å². The van der Waals surface area contributed by atoms with Crippen molar-refractivity contribution < 1.29 is 22.7 Å². The molecule has 3 atom stereocenters. The second-order valence-electron chi connectivity index (χ2n) is 10.2. The summed E-state index contributed by atoms with van der Waals surface area (Å²) in [5.41, 5.74) is 9.31. The number of carbonyl (C=O) groups is 1. The zero-order chi connectivity index (χ0) is 27.5. The van der Waals surface area contributed by atoms with E-state index in [-0.39, 0.29) is 40.4 Å². The molecule has 3 N–H and O–H groups in total. The van der Waals surface area contributed by atoms with Crippen LogP contribution >= 0.6 is 0 Å². The minimum Gasteiger partial charge on any atom is -0.387 e. The van der Waals surface area contributed by atoms with E-state index in [4.69, 9.17) is 10.7 Å². The van der Waals surface area contributed by atoms with E-state index in [1.807, 2.05) is 0 Å². The molecule has 4 aromatic rings. The Bertz CT molecular complexity index is 1690. The summed E-state index contributed by atoms with van der Waals surface area (Å²) in [5.74, 6) is -0.953. The number of aliphatic hydroxyl groups is 1. The van der Waals surface area contributed by atoms with Gasteiger partial charge in [-0.05, 0) is 43.9 Å². The molecule has 3 aromatic heterocycles. The molecule has 12 heteroatoms. The maximum Gasteiger partial charge on any atom is 0.248 e. The Morgan fingerprint density at radius 2 is 1.82 bits per heavy atom. The first-order valence-corrected chi connectivity index (χ1v) is 14.6. The number of sulfone groups is 1. The molecule has 0 aliphatic carbocycles. The van der Waals surface area contributed by atoms with Gasteiger partial charge in [0.05, 0.1) is 17.6 Å². The zero-order valence-corrected chi connectivity index (χ0v) is 22.0. The van der Waals surface area contributed by atoms with Gasteiger partial charge in [0, 0.05) is 47.1 Å². The number of carbonyl (C=O) groups excluding carboxylic acids is 1. The summed E-state index contributed by atoms with van der Waals surface area (Å²) in [5, 5.41) is 13.8. The Kier molecular flexibility index (Phi) is 6.11. The summed E-state index contributed by atoms with van der Waals surface area (Å²) in [7, 11) is -3.77. The lowest BCUT2D eigenvalue weighted by atomic mass is 9.87. The Balaban J connectivity index is 1.44. The van der Waals surface area contributed by atoms with E-state index in [1.165, 1.54) is 10.6 Å². The van der Waals surface area contributed by atoms with Crippen LogP contribution in [-0.2, 0) is 14.6 Å². The molecule has 202 valence electrons. The molecule has 1 amide bonds. The van der Waals surface area contributed by atoms with Gasteiger partial charge in [-0.2, -0.15) is 9.61 Å². The number of fused-ring (bicyclic) bond motifs is 3. The molecule has 1 aromatic carbocycles. The van der Waals surface area contributed by atoms with Gasteiger partial charge >= 0.3 is 0 Å². The summed E-state index contributed by atoms with van der Waals surface area (Å²) in [4.78, 5) is 23.3. The molecule has 39 heavy (non-hydrogen) atoms. The molecule has 0 unspecified atom stereocenters. The van der Waals surface area contributed by atoms with Gasteiger partial charge in [-0.15, -0.1) is 0 Å². The standard InChI is InChI=1S/C27H27FN6O4S/c1-39(37,38)25-24(16-10-17-7-8-18(11-16)33(17)23(36)14-35)32-27-20(13-31-34(27)26(25)29)15-6-9-22(30-12-15)19-4-2-3-5-21(19)28/h2-6,9,12-13,16-18,35H,7-8,10-11,14,29H2,1H3/t16-,17+,18-. The van der Waals surface area contributed by atoms with Gasteiger partial charge in [-0.3, -0.25) is 9.78 Å². The topological polar surface area (TPSA) is 144 Å². The molecule has 2 bridgehead atoms. The van der Waals surface area contributed by atoms with Gasteiger partial charge in [0.25, 0.3) is 0 Å². The summed E-state index contributed by atoms with van der Waals surface area (Å²) in [6.45, 7) is -0.549. The molecular formula is C27H27FN6O4S. The number of hydrogen-bond acceptors (Lipinski definition) is 8. The minimum absolute atomic E-state index is 0.0269. The van der Waals surface area contributed by atoms with Crippen molar-refractivity contribution in [2.75, 3.05) is 18.6 Å². The smallest absolute Gasteiger partial charge is 0.248 e. The number of piperidine rings is 1. The number of anilines is 1. The number of hydrogen-bond donors (Lipinski definition) is 2. The first-order valence-electron chi connectivity index (χ1n) is 12.7. The second kappa shape index (κ2) is 9.38. The Hall–Kier alpha value is -3.90. The van der Waals surface area contributed by atoms with Crippen LogP contribution in [0.5, 0.6) is 0 Å². The van der Waals surface area contributed by atoms with Gasteiger partial charge in [-0.1, -0.05) is 18.2 Å². The number of nitrogens with two attached hydrogens (primary N) is 1. The third-order valence-corrected chi connectivity index (χ3v) is 8.96. The van der Waals surface area contributed by atoms with Crippen molar-refractivity contribution in [2.24, 2.45) is 0 Å². The minimum atomic E-state index is -3.77.